The number of ether oxygens (including phenoxy) is 1. The molecule has 0 aliphatic carbocycles. The molecule has 0 saturated carbocycles. The van der Waals surface area contributed by atoms with Crippen molar-refractivity contribution in [2.75, 3.05) is 12.0 Å². The molecule has 0 fully saturated rings. The zero-order chi connectivity index (χ0) is 20.7. The average molecular weight is 386 g/mol. The van der Waals surface area contributed by atoms with E-state index in [0.717, 1.165) is 11.6 Å². The molecule has 9 nitrogen and oxygen atoms in total. The molecule has 1 unspecified atom stereocenters. The van der Waals surface area contributed by atoms with E-state index in [1.54, 1.807) is 6.21 Å². The summed E-state index contributed by atoms with van der Waals surface area (Å²) in [4.78, 5) is 20.7. The zero-order valence-electron chi connectivity index (χ0n) is 15.9. The summed E-state index contributed by atoms with van der Waals surface area (Å²) in [6, 6.07) is 13.0. The second-order valence-corrected chi connectivity index (χ2v) is 6.65. The summed E-state index contributed by atoms with van der Waals surface area (Å²) in [5.41, 5.74) is 2.36. The first-order valence-electron chi connectivity index (χ1n) is 8.66. The summed E-state index contributed by atoms with van der Waals surface area (Å²) in [5, 5.41) is 26.2. The third kappa shape index (κ3) is 5.10. The van der Waals surface area contributed by atoms with Gasteiger partial charge < -0.3 is 4.74 Å². The Bertz CT molecular complexity index is 868. The summed E-state index contributed by atoms with van der Waals surface area (Å²) >= 11 is 0. The first-order chi connectivity index (χ1) is 13.3. The molecule has 0 aromatic heterocycles. The van der Waals surface area contributed by atoms with Crippen molar-refractivity contribution in [3.05, 3.63) is 74.3 Å². The average Bonchev–Trinajstić information content (AvgIpc) is 2.66. The highest BCUT2D eigenvalue weighted by molar-refractivity contribution is 5.70. The molecule has 1 atom stereocenters. The predicted octanol–water partition coefficient (Wildman–Crippen LogP) is 4.70. The largest absolute Gasteiger partial charge is 0.373 e. The fraction of sp³-hybridized carbons (Fsp3) is 0.316. The number of hydrogen-bond donors (Lipinski definition) is 1. The number of nitro benzene ring substituents is 2. The van der Waals surface area contributed by atoms with E-state index in [-0.39, 0.29) is 17.5 Å². The van der Waals surface area contributed by atoms with Gasteiger partial charge in [0.1, 0.15) is 5.69 Å². The number of anilines is 1. The van der Waals surface area contributed by atoms with Crippen LogP contribution < -0.4 is 5.43 Å². The second kappa shape index (κ2) is 9.05. The van der Waals surface area contributed by atoms with E-state index in [1.165, 1.54) is 12.1 Å². The molecule has 9 heteroatoms. The van der Waals surface area contributed by atoms with Crippen LogP contribution in [0.25, 0.3) is 0 Å². The van der Waals surface area contributed by atoms with Crippen molar-refractivity contribution in [3.63, 3.8) is 0 Å². The standard InChI is InChI=1S/C19H22N4O5/c1-4-28-18(14-8-6-5-7-9-14)19(2,3)13-20-21-16-11-10-15(22(24)25)12-17(16)23(26)27/h5-13,18,21H,4H2,1-3H3. The van der Waals surface area contributed by atoms with Gasteiger partial charge in [-0.15, -0.1) is 0 Å². The Morgan fingerprint density at radius 2 is 1.82 bits per heavy atom. The zero-order valence-corrected chi connectivity index (χ0v) is 15.9. The first kappa shape index (κ1) is 21.0. The Balaban J connectivity index is 2.24. The maximum Gasteiger partial charge on any atom is 0.301 e. The lowest BCUT2D eigenvalue weighted by Crippen LogP contribution is -2.26. The molecule has 28 heavy (non-hydrogen) atoms. The third-order valence-corrected chi connectivity index (χ3v) is 4.08. The van der Waals surface area contributed by atoms with Crippen LogP contribution in [0.15, 0.2) is 53.6 Å². The van der Waals surface area contributed by atoms with Gasteiger partial charge in [-0.3, -0.25) is 25.7 Å². The van der Waals surface area contributed by atoms with Crippen LogP contribution in [0.5, 0.6) is 0 Å². The smallest absolute Gasteiger partial charge is 0.301 e. The van der Waals surface area contributed by atoms with E-state index in [9.17, 15) is 20.2 Å². The number of hydrogen-bond acceptors (Lipinski definition) is 7. The van der Waals surface area contributed by atoms with E-state index in [1.807, 2.05) is 51.1 Å². The summed E-state index contributed by atoms with van der Waals surface area (Å²) in [6.07, 6.45) is 1.35. The van der Waals surface area contributed by atoms with Crippen molar-refractivity contribution in [1.82, 2.24) is 0 Å². The molecular formula is C19H22N4O5. The van der Waals surface area contributed by atoms with E-state index < -0.39 is 20.9 Å². The molecule has 2 aromatic rings. The minimum atomic E-state index is -0.692. The fourth-order valence-electron chi connectivity index (χ4n) is 2.75. The van der Waals surface area contributed by atoms with Crippen molar-refractivity contribution in [3.8, 4) is 0 Å². The SMILES string of the molecule is CCOC(c1ccccc1)C(C)(C)C=NNc1ccc([N+](=O)[O-])cc1[N+](=O)[O-]. The van der Waals surface area contributed by atoms with Crippen molar-refractivity contribution in [2.45, 2.75) is 26.9 Å². The minimum Gasteiger partial charge on any atom is -0.373 e. The number of non-ortho nitro benzene ring substituents is 1. The number of hydrazone groups is 1. The van der Waals surface area contributed by atoms with Crippen molar-refractivity contribution in [2.24, 2.45) is 10.5 Å². The molecule has 2 aromatic carbocycles. The highest BCUT2D eigenvalue weighted by Crippen LogP contribution is 2.35. The second-order valence-electron chi connectivity index (χ2n) is 6.65. The molecule has 0 radical (unpaired) electrons. The van der Waals surface area contributed by atoms with Gasteiger partial charge in [0.2, 0.25) is 0 Å². The topological polar surface area (TPSA) is 120 Å². The van der Waals surface area contributed by atoms with Gasteiger partial charge in [0.25, 0.3) is 5.69 Å². The first-order valence-corrected chi connectivity index (χ1v) is 8.66. The van der Waals surface area contributed by atoms with Crippen LogP contribution in [0.4, 0.5) is 17.1 Å². The molecule has 0 heterocycles. The van der Waals surface area contributed by atoms with Gasteiger partial charge in [0.15, 0.2) is 0 Å². The predicted molar refractivity (Wildman–Crippen MR) is 106 cm³/mol. The third-order valence-electron chi connectivity index (χ3n) is 4.08. The molecule has 2 rings (SSSR count). The van der Waals surface area contributed by atoms with Gasteiger partial charge in [0.05, 0.1) is 22.0 Å². The number of nitro groups is 2. The summed E-state index contributed by atoms with van der Waals surface area (Å²) in [5.74, 6) is 0. The molecule has 0 amide bonds. The van der Waals surface area contributed by atoms with Crippen LogP contribution in [0, 0.1) is 25.6 Å². The highest BCUT2D eigenvalue weighted by atomic mass is 16.6. The Morgan fingerprint density at radius 1 is 1.14 bits per heavy atom. The fourth-order valence-corrected chi connectivity index (χ4v) is 2.75. The van der Waals surface area contributed by atoms with E-state index >= 15 is 0 Å². The molecule has 0 aliphatic rings. The molecule has 0 spiro atoms. The molecule has 0 bridgehead atoms. The lowest BCUT2D eigenvalue weighted by atomic mass is 9.83. The minimum absolute atomic E-state index is 0.0651. The quantitative estimate of drug-likeness (QED) is 0.379. The van der Waals surface area contributed by atoms with Gasteiger partial charge in [0, 0.05) is 24.3 Å². The Hall–Kier alpha value is -3.33. The van der Waals surface area contributed by atoms with Crippen LogP contribution in [0.2, 0.25) is 0 Å². The number of benzene rings is 2. The lowest BCUT2D eigenvalue weighted by molar-refractivity contribution is -0.393. The van der Waals surface area contributed by atoms with Crippen LogP contribution in [-0.2, 0) is 4.74 Å². The molecule has 1 N–H and O–H groups in total. The highest BCUT2D eigenvalue weighted by Gasteiger charge is 2.30. The van der Waals surface area contributed by atoms with Crippen LogP contribution in [0.1, 0.15) is 32.4 Å². The van der Waals surface area contributed by atoms with E-state index in [2.05, 4.69) is 10.5 Å². The summed E-state index contributed by atoms with van der Waals surface area (Å²) < 4.78 is 5.90. The van der Waals surface area contributed by atoms with Crippen molar-refractivity contribution >= 4 is 23.3 Å². The normalized spacial score (nSPS) is 12.7. The molecule has 0 saturated heterocycles. The Labute approximate surface area is 162 Å². The monoisotopic (exact) mass is 386 g/mol. The van der Waals surface area contributed by atoms with E-state index in [0.29, 0.717) is 6.61 Å². The maximum atomic E-state index is 11.2. The number of rotatable bonds is 9. The molecule has 148 valence electrons. The van der Waals surface area contributed by atoms with E-state index in [4.69, 9.17) is 4.74 Å². The summed E-state index contributed by atoms with van der Waals surface area (Å²) in [6.45, 7) is 6.30. The van der Waals surface area contributed by atoms with Crippen LogP contribution >= 0.6 is 0 Å². The maximum absolute atomic E-state index is 11.2. The van der Waals surface area contributed by atoms with Crippen molar-refractivity contribution < 1.29 is 14.6 Å². The number of nitrogens with one attached hydrogen (secondary N) is 1. The van der Waals surface area contributed by atoms with Gasteiger partial charge in [-0.2, -0.15) is 5.10 Å². The Kier molecular flexibility index (Phi) is 6.78. The van der Waals surface area contributed by atoms with Crippen LogP contribution in [-0.4, -0.2) is 22.7 Å². The van der Waals surface area contributed by atoms with Gasteiger partial charge in [-0.25, -0.2) is 0 Å². The van der Waals surface area contributed by atoms with Gasteiger partial charge >= 0.3 is 5.69 Å². The van der Waals surface area contributed by atoms with Crippen molar-refractivity contribution in [1.29, 1.82) is 0 Å². The lowest BCUT2D eigenvalue weighted by Gasteiger charge is -2.31. The van der Waals surface area contributed by atoms with Gasteiger partial charge in [-0.05, 0) is 18.6 Å². The molecular weight excluding hydrogens is 364 g/mol. The Morgan fingerprint density at radius 3 is 2.39 bits per heavy atom. The summed E-state index contributed by atoms with van der Waals surface area (Å²) in [7, 11) is 0. The number of nitrogens with zero attached hydrogens (tertiary/aromatic N) is 3. The van der Waals surface area contributed by atoms with Gasteiger partial charge in [-0.1, -0.05) is 44.2 Å². The molecule has 0 aliphatic heterocycles. The van der Waals surface area contributed by atoms with Crippen LogP contribution in [0.3, 0.4) is 0 Å².